The number of thiazole rings is 1. The maximum atomic E-state index is 9.11. The van der Waals surface area contributed by atoms with Gasteiger partial charge in [-0.2, -0.15) is 9.94 Å². The van der Waals surface area contributed by atoms with Crippen LogP contribution in [0.15, 0.2) is 41.9 Å². The Morgan fingerprint density at radius 3 is 2.75 bits per heavy atom. The third-order valence-corrected chi connectivity index (χ3v) is 3.39. The van der Waals surface area contributed by atoms with Gasteiger partial charge in [0.25, 0.3) is 0 Å². The number of nitriles is 1. The van der Waals surface area contributed by atoms with E-state index in [-0.39, 0.29) is 5.69 Å². The molecule has 3 aromatic rings. The molecule has 0 aliphatic rings. The van der Waals surface area contributed by atoms with Crippen molar-refractivity contribution >= 4 is 23.5 Å². The third-order valence-electron chi connectivity index (χ3n) is 2.64. The van der Waals surface area contributed by atoms with E-state index in [4.69, 9.17) is 5.26 Å². The highest BCUT2D eigenvalue weighted by molar-refractivity contribution is 7.12. The Bertz CT molecular complexity index is 766. The first kappa shape index (κ1) is 12.3. The first-order chi connectivity index (χ1) is 9.88. The second-order valence-corrected chi connectivity index (χ2v) is 4.78. The van der Waals surface area contributed by atoms with Crippen molar-refractivity contribution in [1.29, 1.82) is 5.26 Å². The highest BCUT2D eigenvalue weighted by Gasteiger charge is 2.12. The minimum atomic E-state index is 0.285. The lowest BCUT2D eigenvalue weighted by Gasteiger charge is -1.97. The molecule has 3 rings (SSSR count). The molecule has 0 N–H and O–H groups in total. The molecule has 0 aliphatic carbocycles. The molecule has 0 amide bonds. The zero-order valence-electron chi connectivity index (χ0n) is 10.3. The molecular formula is C14H9N5S. The van der Waals surface area contributed by atoms with Crippen molar-refractivity contribution in [2.24, 2.45) is 0 Å². The number of rotatable bonds is 3. The number of hydrogen-bond acceptors (Lipinski definition) is 5. The Labute approximate surface area is 119 Å². The molecule has 2 aromatic heterocycles. The molecule has 0 saturated heterocycles. The summed E-state index contributed by atoms with van der Waals surface area (Å²) in [7, 11) is 0. The second kappa shape index (κ2) is 5.47. The summed E-state index contributed by atoms with van der Waals surface area (Å²) >= 11 is 1.44. The predicted octanol–water partition coefficient (Wildman–Crippen LogP) is 2.77. The van der Waals surface area contributed by atoms with Crippen molar-refractivity contribution in [3.8, 4) is 11.2 Å². The molecular weight excluding hydrogens is 270 g/mol. The van der Waals surface area contributed by atoms with Crippen LogP contribution < -0.4 is 0 Å². The number of nitrogens with zero attached hydrogens (tertiary/aromatic N) is 5. The summed E-state index contributed by atoms with van der Waals surface area (Å²) in [5.41, 5.74) is 1.96. The van der Waals surface area contributed by atoms with Gasteiger partial charge in [-0.3, -0.25) is 0 Å². The summed E-state index contributed by atoms with van der Waals surface area (Å²) in [5, 5.41) is 19.5. The zero-order valence-corrected chi connectivity index (χ0v) is 11.2. The topological polar surface area (TPSA) is 67.4 Å². The predicted molar refractivity (Wildman–Crippen MR) is 77.1 cm³/mol. The van der Waals surface area contributed by atoms with Crippen LogP contribution in [0.25, 0.3) is 17.3 Å². The summed E-state index contributed by atoms with van der Waals surface area (Å²) in [4.78, 5) is 4.19. The van der Waals surface area contributed by atoms with E-state index in [1.54, 1.807) is 10.9 Å². The molecule has 96 valence electrons. The Balaban J connectivity index is 2.02. The van der Waals surface area contributed by atoms with Crippen LogP contribution in [0.5, 0.6) is 0 Å². The van der Waals surface area contributed by atoms with Gasteiger partial charge in [-0.1, -0.05) is 41.6 Å². The van der Waals surface area contributed by atoms with Crippen LogP contribution in [0, 0.1) is 11.3 Å². The quantitative estimate of drug-likeness (QED) is 0.739. The monoisotopic (exact) mass is 279 g/mol. The molecule has 0 aliphatic heterocycles. The molecule has 1 aromatic carbocycles. The minimum Gasteiger partial charge on any atom is -0.227 e. The van der Waals surface area contributed by atoms with Crippen molar-refractivity contribution in [2.75, 3.05) is 0 Å². The van der Waals surface area contributed by atoms with E-state index < -0.39 is 0 Å². The molecule has 0 saturated carbocycles. The Morgan fingerprint density at radius 1 is 1.20 bits per heavy atom. The smallest absolute Gasteiger partial charge is 0.212 e. The molecule has 0 bridgehead atoms. The average Bonchev–Trinajstić information content (AvgIpc) is 3.14. The van der Waals surface area contributed by atoms with Gasteiger partial charge in [-0.25, -0.2) is 4.98 Å². The van der Waals surface area contributed by atoms with E-state index >= 15 is 0 Å². The summed E-state index contributed by atoms with van der Waals surface area (Å²) in [6.45, 7) is 0. The van der Waals surface area contributed by atoms with E-state index in [0.29, 0.717) is 10.8 Å². The highest BCUT2D eigenvalue weighted by atomic mass is 32.1. The zero-order chi connectivity index (χ0) is 13.8. The maximum Gasteiger partial charge on any atom is 0.212 e. The molecule has 2 heterocycles. The number of hydrogen-bond donors (Lipinski definition) is 0. The van der Waals surface area contributed by atoms with Crippen molar-refractivity contribution in [2.45, 2.75) is 0 Å². The first-order valence-electron chi connectivity index (χ1n) is 5.87. The molecule has 0 atom stereocenters. The van der Waals surface area contributed by atoms with Crippen molar-refractivity contribution in [3.05, 3.63) is 58.9 Å². The van der Waals surface area contributed by atoms with Gasteiger partial charge >= 0.3 is 0 Å². The van der Waals surface area contributed by atoms with Crippen LogP contribution >= 0.6 is 11.3 Å². The lowest BCUT2D eigenvalue weighted by atomic mass is 10.2. The second-order valence-electron chi connectivity index (χ2n) is 3.91. The van der Waals surface area contributed by atoms with Crippen molar-refractivity contribution in [3.63, 3.8) is 0 Å². The molecule has 0 radical (unpaired) electrons. The van der Waals surface area contributed by atoms with Gasteiger partial charge in [0.1, 0.15) is 11.8 Å². The average molecular weight is 279 g/mol. The fourth-order valence-corrected chi connectivity index (χ4v) is 2.32. The van der Waals surface area contributed by atoms with E-state index in [0.717, 1.165) is 5.56 Å². The maximum absolute atomic E-state index is 9.11. The van der Waals surface area contributed by atoms with Crippen LogP contribution in [-0.2, 0) is 0 Å². The molecule has 6 heteroatoms. The Morgan fingerprint density at radius 2 is 2.05 bits per heavy atom. The largest absolute Gasteiger partial charge is 0.227 e. The van der Waals surface area contributed by atoms with Crippen molar-refractivity contribution < 1.29 is 0 Å². The van der Waals surface area contributed by atoms with Crippen LogP contribution in [0.1, 0.15) is 17.0 Å². The molecule has 20 heavy (non-hydrogen) atoms. The normalized spacial score (nSPS) is 10.8. The van der Waals surface area contributed by atoms with Gasteiger partial charge in [0.05, 0.1) is 0 Å². The fourth-order valence-electron chi connectivity index (χ4n) is 1.72. The lowest BCUT2D eigenvalue weighted by Crippen LogP contribution is -1.98. The highest BCUT2D eigenvalue weighted by Crippen LogP contribution is 2.17. The van der Waals surface area contributed by atoms with Gasteiger partial charge < -0.3 is 0 Å². The van der Waals surface area contributed by atoms with Crippen molar-refractivity contribution in [1.82, 2.24) is 20.0 Å². The van der Waals surface area contributed by atoms with E-state index in [2.05, 4.69) is 15.3 Å². The van der Waals surface area contributed by atoms with Crippen LogP contribution in [0.4, 0.5) is 0 Å². The van der Waals surface area contributed by atoms with Gasteiger partial charge in [0.15, 0.2) is 5.69 Å². The number of benzene rings is 1. The standard InChI is InChI=1S/C14H9N5S/c15-10-12-13(7-6-11-4-2-1-3-5-11)19(18-17-12)14-16-8-9-20-14/h1-9H/b7-6+. The minimum absolute atomic E-state index is 0.285. The summed E-state index contributed by atoms with van der Waals surface area (Å²) in [6.07, 6.45) is 5.44. The molecule has 0 spiro atoms. The summed E-state index contributed by atoms with van der Waals surface area (Å²) < 4.78 is 1.57. The first-order valence-corrected chi connectivity index (χ1v) is 6.75. The third kappa shape index (κ3) is 2.35. The van der Waals surface area contributed by atoms with Crippen LogP contribution in [0.3, 0.4) is 0 Å². The van der Waals surface area contributed by atoms with E-state index in [1.807, 2.05) is 53.9 Å². The molecule has 5 nitrogen and oxygen atoms in total. The molecule has 0 unspecified atom stereocenters. The fraction of sp³-hybridized carbons (Fsp3) is 0. The van der Waals surface area contributed by atoms with Gasteiger partial charge in [-0.15, -0.1) is 16.4 Å². The summed E-state index contributed by atoms with van der Waals surface area (Å²) in [5.74, 6) is 0. The van der Waals surface area contributed by atoms with E-state index in [9.17, 15) is 0 Å². The Kier molecular flexibility index (Phi) is 3.35. The van der Waals surface area contributed by atoms with E-state index in [1.165, 1.54) is 11.3 Å². The SMILES string of the molecule is N#Cc1nnn(-c2nccs2)c1/C=C/c1ccccc1. The summed E-state index contributed by atoms with van der Waals surface area (Å²) in [6, 6.07) is 11.9. The number of aromatic nitrogens is 4. The van der Waals surface area contributed by atoms with Gasteiger partial charge in [0.2, 0.25) is 5.13 Å². The molecule has 0 fully saturated rings. The Hall–Kier alpha value is -2.78. The van der Waals surface area contributed by atoms with Gasteiger partial charge in [-0.05, 0) is 11.6 Å². The lowest BCUT2D eigenvalue weighted by molar-refractivity contribution is 0.791. The van der Waals surface area contributed by atoms with Gasteiger partial charge in [0, 0.05) is 11.6 Å². The van der Waals surface area contributed by atoms with Crippen LogP contribution in [0.2, 0.25) is 0 Å². The van der Waals surface area contributed by atoms with Crippen LogP contribution in [-0.4, -0.2) is 20.0 Å².